The minimum atomic E-state index is -0.164. The highest BCUT2D eigenvalue weighted by Crippen LogP contribution is 2.28. The molecule has 2 aromatic carbocycles. The minimum absolute atomic E-state index is 0.110. The Morgan fingerprint density at radius 3 is 2.60 bits per heavy atom. The number of nitrogens with one attached hydrogen (secondary N) is 2. The van der Waals surface area contributed by atoms with E-state index in [2.05, 4.69) is 15.6 Å². The Labute approximate surface area is 174 Å². The molecule has 0 aliphatic carbocycles. The number of fused-ring (bicyclic) bond motifs is 1. The van der Waals surface area contributed by atoms with Gasteiger partial charge in [-0.25, -0.2) is 9.97 Å². The number of hydrogen-bond donors (Lipinski definition) is 3. The first-order valence-corrected chi connectivity index (χ1v) is 10.0. The van der Waals surface area contributed by atoms with Gasteiger partial charge in [0.2, 0.25) is 5.78 Å². The van der Waals surface area contributed by atoms with Gasteiger partial charge in [-0.3, -0.25) is 9.20 Å². The fourth-order valence-corrected chi connectivity index (χ4v) is 3.93. The second-order valence-electron chi connectivity index (χ2n) is 7.40. The molecule has 30 heavy (non-hydrogen) atoms. The Kier molecular flexibility index (Phi) is 4.65. The summed E-state index contributed by atoms with van der Waals surface area (Å²) >= 11 is 0. The van der Waals surface area contributed by atoms with E-state index in [4.69, 9.17) is 10.7 Å². The van der Waals surface area contributed by atoms with Crippen molar-refractivity contribution >= 4 is 28.5 Å². The SMILES string of the molecule is Nc1nccn2c([C@@H]3CCCN3)nc(C(=O)c3ccc(Nc4ccccc4)cc3)c12. The number of carbonyl (C=O) groups excluding carboxylic acids is 1. The Hall–Kier alpha value is -3.71. The average Bonchev–Trinajstić information content (AvgIpc) is 3.43. The zero-order valence-electron chi connectivity index (χ0n) is 16.4. The van der Waals surface area contributed by atoms with Gasteiger partial charge in [0.05, 0.1) is 6.04 Å². The van der Waals surface area contributed by atoms with E-state index in [1.807, 2.05) is 53.1 Å². The minimum Gasteiger partial charge on any atom is -0.382 e. The number of rotatable bonds is 5. The van der Waals surface area contributed by atoms with Gasteiger partial charge < -0.3 is 16.4 Å². The lowest BCUT2D eigenvalue weighted by atomic mass is 10.1. The molecule has 0 amide bonds. The highest BCUT2D eigenvalue weighted by Gasteiger charge is 2.27. The second-order valence-corrected chi connectivity index (χ2v) is 7.40. The summed E-state index contributed by atoms with van der Waals surface area (Å²) in [7, 11) is 0. The maximum atomic E-state index is 13.3. The zero-order valence-corrected chi connectivity index (χ0v) is 16.4. The number of hydrogen-bond acceptors (Lipinski definition) is 6. The van der Waals surface area contributed by atoms with Crippen molar-refractivity contribution in [3.8, 4) is 0 Å². The summed E-state index contributed by atoms with van der Waals surface area (Å²) in [5.41, 5.74) is 9.50. The number of nitrogen functional groups attached to an aromatic ring is 1. The van der Waals surface area contributed by atoms with Crippen molar-refractivity contribution in [1.29, 1.82) is 0 Å². The maximum Gasteiger partial charge on any atom is 0.213 e. The Balaban J connectivity index is 1.49. The molecule has 4 aromatic rings. The van der Waals surface area contributed by atoms with Crippen LogP contribution in [-0.2, 0) is 0 Å². The number of anilines is 3. The van der Waals surface area contributed by atoms with Gasteiger partial charge in [0.1, 0.15) is 22.9 Å². The molecule has 3 heterocycles. The van der Waals surface area contributed by atoms with Crippen LogP contribution in [0.5, 0.6) is 0 Å². The first-order chi connectivity index (χ1) is 14.7. The number of para-hydroxylation sites is 1. The van der Waals surface area contributed by atoms with Crippen LogP contribution in [0.4, 0.5) is 17.2 Å². The molecule has 1 atom stereocenters. The molecule has 1 fully saturated rings. The maximum absolute atomic E-state index is 13.3. The van der Waals surface area contributed by atoms with Gasteiger partial charge in [-0.1, -0.05) is 18.2 Å². The van der Waals surface area contributed by atoms with Crippen LogP contribution >= 0.6 is 0 Å². The summed E-state index contributed by atoms with van der Waals surface area (Å²) in [6, 6.07) is 17.4. The van der Waals surface area contributed by atoms with Crippen LogP contribution in [0.15, 0.2) is 67.0 Å². The number of imidazole rings is 1. The molecule has 0 saturated carbocycles. The van der Waals surface area contributed by atoms with Crippen LogP contribution in [0.3, 0.4) is 0 Å². The summed E-state index contributed by atoms with van der Waals surface area (Å²) in [5.74, 6) is 0.949. The molecule has 150 valence electrons. The number of carbonyl (C=O) groups is 1. The fraction of sp³-hybridized carbons (Fsp3) is 0.174. The molecule has 0 unspecified atom stereocenters. The van der Waals surface area contributed by atoms with Gasteiger partial charge in [0.25, 0.3) is 0 Å². The molecule has 1 aliphatic heterocycles. The van der Waals surface area contributed by atoms with Gasteiger partial charge in [0, 0.05) is 29.3 Å². The summed E-state index contributed by atoms with van der Waals surface area (Å²) in [4.78, 5) is 22.2. The van der Waals surface area contributed by atoms with Crippen LogP contribution in [0.25, 0.3) is 5.52 Å². The third-order valence-corrected chi connectivity index (χ3v) is 5.41. The summed E-state index contributed by atoms with van der Waals surface area (Å²) in [6.07, 6.45) is 5.52. The number of aromatic nitrogens is 3. The quantitative estimate of drug-likeness (QED) is 0.444. The van der Waals surface area contributed by atoms with Crippen LogP contribution in [0.2, 0.25) is 0 Å². The van der Waals surface area contributed by atoms with Crippen molar-refractivity contribution in [2.45, 2.75) is 18.9 Å². The van der Waals surface area contributed by atoms with Crippen molar-refractivity contribution in [2.75, 3.05) is 17.6 Å². The van der Waals surface area contributed by atoms with E-state index in [0.29, 0.717) is 22.6 Å². The number of nitrogens with zero attached hydrogens (tertiary/aromatic N) is 3. The van der Waals surface area contributed by atoms with Crippen molar-refractivity contribution in [3.05, 3.63) is 84.1 Å². The number of benzene rings is 2. The lowest BCUT2D eigenvalue weighted by Gasteiger charge is -2.08. The zero-order chi connectivity index (χ0) is 20.5. The molecule has 0 spiro atoms. The van der Waals surface area contributed by atoms with Crippen molar-refractivity contribution in [2.24, 2.45) is 0 Å². The van der Waals surface area contributed by atoms with Gasteiger partial charge in [-0.15, -0.1) is 0 Å². The van der Waals surface area contributed by atoms with E-state index in [0.717, 1.165) is 36.6 Å². The molecule has 5 rings (SSSR count). The van der Waals surface area contributed by atoms with Crippen LogP contribution in [0.1, 0.15) is 40.8 Å². The average molecular weight is 398 g/mol. The largest absolute Gasteiger partial charge is 0.382 e. The van der Waals surface area contributed by atoms with Gasteiger partial charge in [-0.2, -0.15) is 0 Å². The van der Waals surface area contributed by atoms with Crippen LogP contribution < -0.4 is 16.4 Å². The topological polar surface area (TPSA) is 97.3 Å². The second kappa shape index (κ2) is 7.61. The Morgan fingerprint density at radius 2 is 1.87 bits per heavy atom. The lowest BCUT2D eigenvalue weighted by molar-refractivity contribution is 0.103. The molecular weight excluding hydrogens is 376 g/mol. The Morgan fingerprint density at radius 1 is 1.10 bits per heavy atom. The predicted molar refractivity (Wildman–Crippen MR) is 117 cm³/mol. The van der Waals surface area contributed by atoms with Crippen molar-refractivity contribution in [1.82, 2.24) is 19.7 Å². The molecular formula is C23H22N6O. The first-order valence-electron chi connectivity index (χ1n) is 10.0. The standard InChI is InChI=1S/C23H22N6O/c24-22-20-19(28-23(18-7-4-12-25-18)29(20)14-13-26-22)21(30)15-8-10-17(11-9-15)27-16-5-2-1-3-6-16/h1-3,5-6,8-11,13-14,18,25,27H,4,7,12H2,(H2,24,26)/t18-/m0/s1. The molecule has 7 nitrogen and oxygen atoms in total. The van der Waals surface area contributed by atoms with E-state index < -0.39 is 0 Å². The normalized spacial score (nSPS) is 16.1. The van der Waals surface area contributed by atoms with Crippen molar-refractivity contribution in [3.63, 3.8) is 0 Å². The van der Waals surface area contributed by atoms with Crippen molar-refractivity contribution < 1.29 is 4.79 Å². The highest BCUT2D eigenvalue weighted by molar-refractivity contribution is 6.13. The number of nitrogens with two attached hydrogens (primary N) is 1. The molecule has 0 bridgehead atoms. The molecule has 7 heteroatoms. The third kappa shape index (κ3) is 3.29. The summed E-state index contributed by atoms with van der Waals surface area (Å²) < 4.78 is 1.89. The number of ketones is 1. The van der Waals surface area contributed by atoms with E-state index in [1.165, 1.54) is 0 Å². The lowest BCUT2D eigenvalue weighted by Crippen LogP contribution is -2.16. The van der Waals surface area contributed by atoms with Gasteiger partial charge in [-0.05, 0) is 55.8 Å². The molecule has 1 aliphatic rings. The first kappa shape index (κ1) is 18.3. The van der Waals surface area contributed by atoms with Crippen LogP contribution in [-0.4, -0.2) is 26.7 Å². The van der Waals surface area contributed by atoms with Crippen LogP contribution in [0, 0.1) is 0 Å². The molecule has 4 N–H and O–H groups in total. The molecule has 2 aromatic heterocycles. The van der Waals surface area contributed by atoms with E-state index in [-0.39, 0.29) is 11.8 Å². The third-order valence-electron chi connectivity index (χ3n) is 5.41. The Bertz CT molecular complexity index is 1190. The summed E-state index contributed by atoms with van der Waals surface area (Å²) in [5, 5.41) is 6.76. The summed E-state index contributed by atoms with van der Waals surface area (Å²) in [6.45, 7) is 0.944. The van der Waals surface area contributed by atoms with E-state index >= 15 is 0 Å². The smallest absolute Gasteiger partial charge is 0.213 e. The van der Waals surface area contributed by atoms with Gasteiger partial charge >= 0.3 is 0 Å². The molecule has 0 radical (unpaired) electrons. The van der Waals surface area contributed by atoms with E-state index in [9.17, 15) is 4.79 Å². The van der Waals surface area contributed by atoms with Gasteiger partial charge in [0.15, 0.2) is 0 Å². The predicted octanol–water partition coefficient (Wildman–Crippen LogP) is 3.71. The monoisotopic (exact) mass is 398 g/mol. The molecule has 1 saturated heterocycles. The highest BCUT2D eigenvalue weighted by atomic mass is 16.1. The van der Waals surface area contributed by atoms with E-state index in [1.54, 1.807) is 18.3 Å². The fourth-order valence-electron chi connectivity index (χ4n) is 3.93.